The molecule has 0 radical (unpaired) electrons. The molecule has 13 heteroatoms. The van der Waals surface area contributed by atoms with Crippen LogP contribution < -0.4 is 22.2 Å². The van der Waals surface area contributed by atoms with Gasteiger partial charge in [0, 0.05) is 25.4 Å². The van der Waals surface area contributed by atoms with E-state index < -0.39 is 28.8 Å². The second kappa shape index (κ2) is 13.7. The number of rotatable bonds is 3. The van der Waals surface area contributed by atoms with Crippen LogP contribution in [0.25, 0.3) is 22.0 Å². The normalized spacial score (nSPS) is 13.1. The standard InChI is InChI=1S/C16H15FN4O.C6H12.C5H4F3N3O/c1-3-18-15-9-19-14(8-20-15)12-6-10-4-5-21(2)16(22)11(10)7-13(12)17;1-2-4-6-5-3-1;6-5(7,8)3-2(9)1-10-11-4(3)12/h4-9H,3H2,1-2H3,(H,18,20);1-6H2;1H,(H3,9,11,12). The zero-order chi connectivity index (χ0) is 29.3. The van der Waals surface area contributed by atoms with Gasteiger partial charge in [-0.1, -0.05) is 38.5 Å². The third-order valence-corrected chi connectivity index (χ3v) is 6.12. The lowest BCUT2D eigenvalue weighted by molar-refractivity contribution is -0.138. The van der Waals surface area contributed by atoms with Gasteiger partial charge in [-0.05, 0) is 30.5 Å². The molecule has 3 aromatic heterocycles. The predicted octanol–water partition coefficient (Wildman–Crippen LogP) is 5.28. The van der Waals surface area contributed by atoms with E-state index in [1.54, 1.807) is 36.7 Å². The molecule has 0 saturated heterocycles. The molecule has 0 amide bonds. The molecule has 0 spiro atoms. The number of aromatic amines is 1. The van der Waals surface area contributed by atoms with Crippen molar-refractivity contribution in [3.8, 4) is 11.3 Å². The van der Waals surface area contributed by atoms with Crippen LogP contribution in [0.2, 0.25) is 0 Å². The highest BCUT2D eigenvalue weighted by Crippen LogP contribution is 2.29. The quantitative estimate of drug-likeness (QED) is 0.290. The number of fused-ring (bicyclic) bond motifs is 1. The third kappa shape index (κ3) is 7.87. The Labute approximate surface area is 227 Å². The van der Waals surface area contributed by atoms with Gasteiger partial charge >= 0.3 is 6.18 Å². The van der Waals surface area contributed by atoms with Crippen molar-refractivity contribution < 1.29 is 17.6 Å². The van der Waals surface area contributed by atoms with Crippen LogP contribution in [0, 0.1) is 5.82 Å². The van der Waals surface area contributed by atoms with Crippen LogP contribution >= 0.6 is 0 Å². The number of halogens is 4. The highest BCUT2D eigenvalue weighted by molar-refractivity contribution is 5.86. The van der Waals surface area contributed by atoms with Gasteiger partial charge in [-0.3, -0.25) is 14.6 Å². The van der Waals surface area contributed by atoms with Crippen LogP contribution in [0.3, 0.4) is 0 Å². The maximum atomic E-state index is 14.3. The maximum Gasteiger partial charge on any atom is 0.423 e. The van der Waals surface area contributed by atoms with E-state index in [2.05, 4.69) is 20.4 Å². The summed E-state index contributed by atoms with van der Waals surface area (Å²) in [5, 5.41) is 8.80. The van der Waals surface area contributed by atoms with E-state index in [1.807, 2.05) is 6.92 Å². The van der Waals surface area contributed by atoms with Gasteiger partial charge in [-0.25, -0.2) is 14.5 Å². The lowest BCUT2D eigenvalue weighted by Gasteiger charge is -2.07. The average Bonchev–Trinajstić information content (AvgIpc) is 2.92. The zero-order valence-electron chi connectivity index (χ0n) is 22.2. The molecule has 4 N–H and O–H groups in total. The Balaban J connectivity index is 0.000000204. The number of anilines is 2. The minimum atomic E-state index is -4.74. The summed E-state index contributed by atoms with van der Waals surface area (Å²) in [7, 11) is 1.64. The van der Waals surface area contributed by atoms with E-state index in [0.29, 0.717) is 27.8 Å². The minimum absolute atomic E-state index is 0.225. The molecule has 1 aromatic carbocycles. The van der Waals surface area contributed by atoms with Crippen LogP contribution in [-0.4, -0.2) is 31.3 Å². The number of aryl methyl sites for hydroxylation is 1. The Hall–Kier alpha value is -4.29. The van der Waals surface area contributed by atoms with E-state index in [0.717, 1.165) is 12.7 Å². The number of hydrogen-bond acceptors (Lipinski definition) is 7. The van der Waals surface area contributed by atoms with Gasteiger partial charge in [0.2, 0.25) is 0 Å². The lowest BCUT2D eigenvalue weighted by Crippen LogP contribution is -2.24. The molecular formula is C27H31F4N7O2. The fourth-order valence-electron chi connectivity index (χ4n) is 4.06. The molecule has 1 fully saturated rings. The van der Waals surface area contributed by atoms with Crippen molar-refractivity contribution in [3.05, 3.63) is 75.1 Å². The van der Waals surface area contributed by atoms with Crippen LogP contribution in [0.4, 0.5) is 29.1 Å². The van der Waals surface area contributed by atoms with Crippen molar-refractivity contribution in [1.82, 2.24) is 24.7 Å². The number of nitrogens with zero attached hydrogens (tertiary/aromatic N) is 4. The molecule has 4 aromatic rings. The maximum absolute atomic E-state index is 14.3. The summed E-state index contributed by atoms with van der Waals surface area (Å²) in [5.74, 6) is 0.155. The van der Waals surface area contributed by atoms with Crippen LogP contribution in [0.1, 0.15) is 51.0 Å². The molecule has 0 bridgehead atoms. The molecule has 1 aliphatic carbocycles. The molecule has 9 nitrogen and oxygen atoms in total. The Morgan fingerprint density at radius 2 is 1.68 bits per heavy atom. The highest BCUT2D eigenvalue weighted by Gasteiger charge is 2.36. The molecule has 5 rings (SSSR count). The summed E-state index contributed by atoms with van der Waals surface area (Å²) < 4.78 is 51.7. The Kier molecular flexibility index (Phi) is 10.3. The van der Waals surface area contributed by atoms with Gasteiger partial charge in [-0.2, -0.15) is 18.3 Å². The van der Waals surface area contributed by atoms with Crippen molar-refractivity contribution in [2.75, 3.05) is 17.6 Å². The Morgan fingerprint density at radius 3 is 2.17 bits per heavy atom. The van der Waals surface area contributed by atoms with E-state index in [4.69, 9.17) is 5.73 Å². The minimum Gasteiger partial charge on any atom is -0.397 e. The number of alkyl halides is 3. The smallest absolute Gasteiger partial charge is 0.397 e. The second-order valence-electron chi connectivity index (χ2n) is 9.12. The Bertz CT molecular complexity index is 1520. The first kappa shape index (κ1) is 30.3. The number of pyridine rings is 1. The summed E-state index contributed by atoms with van der Waals surface area (Å²) in [5.41, 5.74) is 2.03. The summed E-state index contributed by atoms with van der Waals surface area (Å²) in [6.07, 6.45) is 9.74. The van der Waals surface area contributed by atoms with Gasteiger partial charge in [0.1, 0.15) is 17.2 Å². The third-order valence-electron chi connectivity index (χ3n) is 6.12. The van der Waals surface area contributed by atoms with Crippen LogP contribution in [-0.2, 0) is 13.2 Å². The topological polar surface area (TPSA) is 132 Å². The van der Waals surface area contributed by atoms with Crippen molar-refractivity contribution in [3.63, 3.8) is 0 Å². The molecule has 214 valence electrons. The van der Waals surface area contributed by atoms with Crippen molar-refractivity contribution in [1.29, 1.82) is 0 Å². The van der Waals surface area contributed by atoms with Crippen LogP contribution in [0.15, 0.2) is 52.6 Å². The second-order valence-corrected chi connectivity index (χ2v) is 9.12. The average molecular weight is 562 g/mol. The van der Waals surface area contributed by atoms with Crippen LogP contribution in [0.5, 0.6) is 0 Å². The fourth-order valence-corrected chi connectivity index (χ4v) is 4.06. The summed E-state index contributed by atoms with van der Waals surface area (Å²) in [4.78, 5) is 31.0. The number of aromatic nitrogens is 5. The van der Waals surface area contributed by atoms with Gasteiger partial charge < -0.3 is 15.6 Å². The number of benzene rings is 1. The highest BCUT2D eigenvalue weighted by atomic mass is 19.4. The molecule has 0 atom stereocenters. The van der Waals surface area contributed by atoms with E-state index >= 15 is 0 Å². The lowest BCUT2D eigenvalue weighted by atomic mass is 10.0. The van der Waals surface area contributed by atoms with Crippen molar-refractivity contribution in [2.24, 2.45) is 7.05 Å². The SMILES string of the molecule is C1CCCCC1.CCNc1cnc(-c2cc3ccn(C)c(=O)c3cc2F)cn1.Nc1cn[nH]c(=O)c1C(F)(F)F. The largest absolute Gasteiger partial charge is 0.423 e. The molecule has 0 aliphatic heterocycles. The molecule has 1 saturated carbocycles. The number of nitrogens with two attached hydrogens (primary N) is 1. The summed E-state index contributed by atoms with van der Waals surface area (Å²) in [6, 6.07) is 4.66. The first-order valence-electron chi connectivity index (χ1n) is 12.8. The molecular weight excluding hydrogens is 530 g/mol. The predicted molar refractivity (Wildman–Crippen MR) is 146 cm³/mol. The van der Waals surface area contributed by atoms with Crippen molar-refractivity contribution >= 4 is 22.3 Å². The molecule has 40 heavy (non-hydrogen) atoms. The van der Waals surface area contributed by atoms with Gasteiger partial charge in [0.15, 0.2) is 0 Å². The summed E-state index contributed by atoms with van der Waals surface area (Å²) in [6.45, 7) is 2.70. The van der Waals surface area contributed by atoms with E-state index in [-0.39, 0.29) is 5.56 Å². The molecule has 1 aliphatic rings. The van der Waals surface area contributed by atoms with Gasteiger partial charge in [0.25, 0.3) is 11.1 Å². The number of nitrogens with one attached hydrogen (secondary N) is 2. The number of H-pyrrole nitrogens is 1. The number of nitrogen functional groups attached to an aromatic ring is 1. The number of hydrogen-bond donors (Lipinski definition) is 3. The van der Waals surface area contributed by atoms with Gasteiger partial charge in [0.05, 0.1) is 35.4 Å². The first-order valence-corrected chi connectivity index (χ1v) is 12.8. The Morgan fingerprint density at radius 1 is 1.02 bits per heavy atom. The molecule has 3 heterocycles. The first-order chi connectivity index (χ1) is 19.0. The monoisotopic (exact) mass is 561 g/mol. The zero-order valence-corrected chi connectivity index (χ0v) is 22.2. The fraction of sp³-hybridized carbons (Fsp3) is 0.370. The van der Waals surface area contributed by atoms with Crippen molar-refractivity contribution in [2.45, 2.75) is 51.6 Å². The van der Waals surface area contributed by atoms with E-state index in [9.17, 15) is 27.2 Å². The summed E-state index contributed by atoms with van der Waals surface area (Å²) >= 11 is 0. The van der Waals surface area contributed by atoms with Gasteiger partial charge in [-0.15, -0.1) is 0 Å². The molecule has 0 unspecified atom stereocenters. The van der Waals surface area contributed by atoms with E-state index in [1.165, 1.54) is 55.4 Å².